The van der Waals surface area contributed by atoms with Gasteiger partial charge in [-0.05, 0) is 18.9 Å². The molecule has 2 amide bonds. The highest BCUT2D eigenvalue weighted by Gasteiger charge is 2.35. The van der Waals surface area contributed by atoms with Crippen LogP contribution in [0, 0.1) is 16.0 Å². The maximum Gasteiger partial charge on any atom is 0.387 e. The standard InChI is InChI=1S/C15H17F2N3O6/c1-25-13(21)9-3-2-4-10(9)18-15(22)19-11-7-8(20(23)24)5-6-12(11)26-14(16)17/h5-7,9-10,14H,2-4H2,1H3,(H2,18,19,22). The van der Waals surface area contributed by atoms with Crippen LogP contribution in [0.1, 0.15) is 19.3 Å². The zero-order chi connectivity index (χ0) is 19.3. The van der Waals surface area contributed by atoms with Gasteiger partial charge in [0.05, 0.1) is 23.6 Å². The van der Waals surface area contributed by atoms with Crippen LogP contribution in [0.4, 0.5) is 25.0 Å². The molecule has 1 aliphatic rings. The van der Waals surface area contributed by atoms with E-state index in [4.69, 9.17) is 0 Å². The van der Waals surface area contributed by atoms with Gasteiger partial charge in [0.1, 0.15) is 5.75 Å². The number of hydrogen-bond acceptors (Lipinski definition) is 6. The van der Waals surface area contributed by atoms with Gasteiger partial charge in [0.25, 0.3) is 5.69 Å². The van der Waals surface area contributed by atoms with Crippen LogP contribution in [0.15, 0.2) is 18.2 Å². The number of carbonyl (C=O) groups excluding carboxylic acids is 2. The number of nitro benzene ring substituents is 1. The van der Waals surface area contributed by atoms with Crippen LogP contribution in [0.25, 0.3) is 0 Å². The van der Waals surface area contributed by atoms with Crippen molar-refractivity contribution in [2.45, 2.75) is 31.9 Å². The highest BCUT2D eigenvalue weighted by atomic mass is 19.3. The summed E-state index contributed by atoms with van der Waals surface area (Å²) < 4.78 is 33.9. The van der Waals surface area contributed by atoms with Crippen molar-refractivity contribution in [1.29, 1.82) is 0 Å². The molecular formula is C15H17F2N3O6. The molecule has 1 saturated carbocycles. The van der Waals surface area contributed by atoms with E-state index in [0.29, 0.717) is 19.3 Å². The van der Waals surface area contributed by atoms with Crippen molar-refractivity contribution < 1.29 is 32.8 Å². The first-order valence-electron chi connectivity index (χ1n) is 7.70. The number of halogens is 2. The van der Waals surface area contributed by atoms with Crippen molar-refractivity contribution in [3.8, 4) is 5.75 Å². The fourth-order valence-corrected chi connectivity index (χ4v) is 2.82. The Morgan fingerprint density at radius 3 is 2.69 bits per heavy atom. The molecule has 2 rings (SSSR count). The van der Waals surface area contributed by atoms with E-state index < -0.39 is 46.9 Å². The summed E-state index contributed by atoms with van der Waals surface area (Å²) in [7, 11) is 1.24. The molecule has 11 heteroatoms. The second-order valence-corrected chi connectivity index (χ2v) is 5.58. The van der Waals surface area contributed by atoms with Gasteiger partial charge in [0, 0.05) is 18.2 Å². The number of nitrogens with one attached hydrogen (secondary N) is 2. The molecule has 0 heterocycles. The van der Waals surface area contributed by atoms with Gasteiger partial charge in [-0.25, -0.2) is 4.79 Å². The first-order valence-corrected chi connectivity index (χ1v) is 7.70. The number of carbonyl (C=O) groups is 2. The lowest BCUT2D eigenvalue weighted by Gasteiger charge is -2.20. The third-order valence-corrected chi connectivity index (χ3v) is 3.97. The van der Waals surface area contributed by atoms with Crippen LogP contribution in [0.5, 0.6) is 5.75 Å². The fraction of sp³-hybridized carbons (Fsp3) is 0.467. The third-order valence-electron chi connectivity index (χ3n) is 3.97. The molecule has 0 bridgehead atoms. The number of anilines is 1. The SMILES string of the molecule is COC(=O)C1CCCC1NC(=O)Nc1cc([N+](=O)[O-])ccc1OC(F)F. The van der Waals surface area contributed by atoms with Gasteiger partial charge in [-0.1, -0.05) is 6.42 Å². The van der Waals surface area contributed by atoms with Crippen molar-refractivity contribution in [2.24, 2.45) is 5.92 Å². The highest BCUT2D eigenvalue weighted by Crippen LogP contribution is 2.31. The lowest BCUT2D eigenvalue weighted by molar-refractivity contribution is -0.384. The normalized spacial score (nSPS) is 19.1. The molecule has 0 aromatic heterocycles. The van der Waals surface area contributed by atoms with E-state index >= 15 is 0 Å². The molecule has 1 fully saturated rings. The van der Waals surface area contributed by atoms with Gasteiger partial charge in [-0.15, -0.1) is 0 Å². The second kappa shape index (κ2) is 8.41. The number of urea groups is 1. The van der Waals surface area contributed by atoms with Gasteiger partial charge in [0.2, 0.25) is 0 Å². The summed E-state index contributed by atoms with van der Waals surface area (Å²) in [6, 6.07) is 1.56. The predicted molar refractivity (Wildman–Crippen MR) is 85.0 cm³/mol. The van der Waals surface area contributed by atoms with Crippen molar-refractivity contribution in [3.63, 3.8) is 0 Å². The summed E-state index contributed by atoms with van der Waals surface area (Å²) >= 11 is 0. The molecule has 142 valence electrons. The molecule has 0 radical (unpaired) electrons. The number of non-ortho nitro benzene ring substituents is 1. The Balaban J connectivity index is 2.12. The summed E-state index contributed by atoms with van der Waals surface area (Å²) in [5, 5.41) is 15.6. The number of nitrogens with zero attached hydrogens (tertiary/aromatic N) is 1. The van der Waals surface area contributed by atoms with Crippen LogP contribution in [-0.2, 0) is 9.53 Å². The quantitative estimate of drug-likeness (QED) is 0.449. The van der Waals surface area contributed by atoms with E-state index in [0.717, 1.165) is 18.2 Å². The molecule has 9 nitrogen and oxygen atoms in total. The number of esters is 1. The molecule has 2 N–H and O–H groups in total. The molecule has 2 unspecified atom stereocenters. The first-order chi connectivity index (χ1) is 12.3. The van der Waals surface area contributed by atoms with Gasteiger partial charge < -0.3 is 20.1 Å². The van der Waals surface area contributed by atoms with Crippen LogP contribution < -0.4 is 15.4 Å². The Labute approximate surface area is 146 Å². The average Bonchev–Trinajstić information content (AvgIpc) is 3.03. The maximum atomic E-state index is 12.5. The van der Waals surface area contributed by atoms with E-state index in [9.17, 15) is 28.5 Å². The molecule has 1 aliphatic carbocycles. The Bertz CT molecular complexity index is 700. The molecular weight excluding hydrogens is 356 g/mol. The Hall–Kier alpha value is -2.98. The van der Waals surface area contributed by atoms with Crippen LogP contribution in [0.3, 0.4) is 0 Å². The van der Waals surface area contributed by atoms with Crippen LogP contribution in [-0.4, -0.2) is 36.7 Å². The van der Waals surface area contributed by atoms with Gasteiger partial charge in [0.15, 0.2) is 0 Å². The molecule has 0 aliphatic heterocycles. The summed E-state index contributed by atoms with van der Waals surface area (Å²) in [6.45, 7) is -3.17. The van der Waals surface area contributed by atoms with Gasteiger partial charge in [-0.2, -0.15) is 8.78 Å². The minimum absolute atomic E-state index is 0.287. The molecule has 0 saturated heterocycles. The Morgan fingerprint density at radius 1 is 1.35 bits per heavy atom. The monoisotopic (exact) mass is 373 g/mol. The average molecular weight is 373 g/mol. The number of nitro groups is 1. The lowest BCUT2D eigenvalue weighted by Crippen LogP contribution is -2.42. The Morgan fingerprint density at radius 2 is 2.08 bits per heavy atom. The second-order valence-electron chi connectivity index (χ2n) is 5.58. The predicted octanol–water partition coefficient (Wildman–Crippen LogP) is 2.66. The zero-order valence-electron chi connectivity index (χ0n) is 13.7. The van der Waals surface area contributed by atoms with Crippen molar-refractivity contribution in [1.82, 2.24) is 5.32 Å². The summed E-state index contributed by atoms with van der Waals surface area (Å²) in [4.78, 5) is 33.9. The maximum absolute atomic E-state index is 12.5. The number of benzene rings is 1. The van der Waals surface area contributed by atoms with Crippen molar-refractivity contribution in [3.05, 3.63) is 28.3 Å². The van der Waals surface area contributed by atoms with Crippen LogP contribution >= 0.6 is 0 Å². The lowest BCUT2D eigenvalue weighted by atomic mass is 10.0. The molecule has 26 heavy (non-hydrogen) atoms. The molecule has 0 spiro atoms. The van der Waals surface area contributed by atoms with E-state index in [1.165, 1.54) is 7.11 Å². The summed E-state index contributed by atoms with van der Waals surface area (Å²) in [5.74, 6) is -1.38. The number of methoxy groups -OCH3 is 1. The number of ether oxygens (including phenoxy) is 2. The minimum atomic E-state index is -3.17. The van der Waals surface area contributed by atoms with Crippen molar-refractivity contribution >= 4 is 23.4 Å². The molecule has 1 aromatic rings. The number of rotatable bonds is 6. The van der Waals surface area contributed by atoms with Crippen LogP contribution in [0.2, 0.25) is 0 Å². The number of alkyl halides is 2. The smallest absolute Gasteiger partial charge is 0.387 e. The highest BCUT2D eigenvalue weighted by molar-refractivity contribution is 5.92. The number of hydrogen-bond donors (Lipinski definition) is 2. The van der Waals surface area contributed by atoms with Gasteiger partial charge in [-0.3, -0.25) is 14.9 Å². The number of amides is 2. The van der Waals surface area contributed by atoms with E-state index in [2.05, 4.69) is 20.1 Å². The fourth-order valence-electron chi connectivity index (χ4n) is 2.82. The topological polar surface area (TPSA) is 120 Å². The third kappa shape index (κ3) is 4.77. The van der Waals surface area contributed by atoms with Crippen molar-refractivity contribution in [2.75, 3.05) is 12.4 Å². The van der Waals surface area contributed by atoms with Gasteiger partial charge >= 0.3 is 18.6 Å². The van der Waals surface area contributed by atoms with E-state index in [1.54, 1.807) is 0 Å². The molecule has 1 aromatic carbocycles. The van der Waals surface area contributed by atoms with E-state index in [-0.39, 0.29) is 5.69 Å². The summed E-state index contributed by atoms with van der Waals surface area (Å²) in [5.41, 5.74) is -0.695. The first kappa shape index (κ1) is 19.3. The largest absolute Gasteiger partial charge is 0.469 e. The zero-order valence-corrected chi connectivity index (χ0v) is 13.7. The Kier molecular flexibility index (Phi) is 6.26. The molecule has 2 atom stereocenters. The summed E-state index contributed by atoms with van der Waals surface area (Å²) in [6.07, 6.45) is 1.80. The minimum Gasteiger partial charge on any atom is -0.469 e. The van der Waals surface area contributed by atoms with E-state index in [1.807, 2.05) is 0 Å².